The molecule has 0 saturated heterocycles. The van der Waals surface area contributed by atoms with Crippen molar-refractivity contribution in [2.24, 2.45) is 4.99 Å². The van der Waals surface area contributed by atoms with Gasteiger partial charge >= 0.3 is 5.97 Å². The first kappa shape index (κ1) is 14.9. The number of halogens is 1. The van der Waals surface area contributed by atoms with Crippen LogP contribution in [0.2, 0.25) is 5.02 Å². The minimum Gasteiger partial charge on any atom is -0.478 e. The fourth-order valence-corrected chi connectivity index (χ4v) is 1.89. The molecule has 0 spiro atoms. The van der Waals surface area contributed by atoms with Gasteiger partial charge in [-0.3, -0.25) is 4.99 Å². The van der Waals surface area contributed by atoms with E-state index in [-0.39, 0.29) is 5.56 Å². The maximum absolute atomic E-state index is 11.0. The summed E-state index contributed by atoms with van der Waals surface area (Å²) >= 11 is 6.10. The highest BCUT2D eigenvalue weighted by Crippen LogP contribution is 2.25. The van der Waals surface area contributed by atoms with Gasteiger partial charge in [0.2, 0.25) is 0 Å². The Kier molecular flexibility index (Phi) is 4.45. The number of carbonyl (C=O) groups is 1. The van der Waals surface area contributed by atoms with Crippen molar-refractivity contribution < 1.29 is 9.90 Å². The number of nitrogens with one attached hydrogen (secondary N) is 1. The largest absolute Gasteiger partial charge is 0.478 e. The Morgan fingerprint density at radius 3 is 2.76 bits per heavy atom. The maximum atomic E-state index is 11.0. The van der Waals surface area contributed by atoms with Crippen LogP contribution in [0.15, 0.2) is 41.4 Å². The monoisotopic (exact) mass is 303 g/mol. The van der Waals surface area contributed by atoms with Gasteiger partial charge in [0.25, 0.3) is 0 Å². The van der Waals surface area contributed by atoms with Crippen molar-refractivity contribution in [1.82, 2.24) is 0 Å². The number of carboxylic acids is 1. The minimum atomic E-state index is -1.03. The number of nitrogens with two attached hydrogens (primary N) is 1. The molecule has 21 heavy (non-hydrogen) atoms. The van der Waals surface area contributed by atoms with Crippen molar-refractivity contribution in [2.45, 2.75) is 0 Å². The van der Waals surface area contributed by atoms with E-state index in [4.69, 9.17) is 22.4 Å². The van der Waals surface area contributed by atoms with Gasteiger partial charge in [0.05, 0.1) is 16.9 Å². The fraction of sp³-hybridized carbons (Fsp3) is 0.0667. The minimum absolute atomic E-state index is 0.131. The Morgan fingerprint density at radius 1 is 1.33 bits per heavy atom. The van der Waals surface area contributed by atoms with Gasteiger partial charge in [-0.05, 0) is 36.4 Å². The van der Waals surface area contributed by atoms with E-state index in [0.29, 0.717) is 22.0 Å². The second-order valence-electron chi connectivity index (χ2n) is 4.32. The summed E-state index contributed by atoms with van der Waals surface area (Å²) in [5.41, 5.74) is 8.32. The number of hydrogen-bond donors (Lipinski definition) is 3. The molecule has 0 fully saturated rings. The molecule has 0 atom stereocenters. The zero-order valence-corrected chi connectivity index (χ0v) is 12.1. The molecule has 4 N–H and O–H groups in total. The third-order valence-corrected chi connectivity index (χ3v) is 3.25. The highest BCUT2D eigenvalue weighted by molar-refractivity contribution is 6.33. The van der Waals surface area contributed by atoms with E-state index in [2.05, 4.69) is 10.3 Å². The number of hydrogen-bond acceptors (Lipinski definition) is 4. The molecule has 0 aliphatic heterocycles. The van der Waals surface area contributed by atoms with E-state index < -0.39 is 5.97 Å². The van der Waals surface area contributed by atoms with Crippen LogP contribution in [-0.4, -0.2) is 24.3 Å². The van der Waals surface area contributed by atoms with Crippen LogP contribution < -0.4 is 11.1 Å². The number of anilines is 2. The van der Waals surface area contributed by atoms with Crippen molar-refractivity contribution in [1.29, 1.82) is 0 Å². The molecule has 0 amide bonds. The predicted octanol–water partition coefficient (Wildman–Crippen LogP) is 3.41. The molecule has 0 saturated carbocycles. The van der Waals surface area contributed by atoms with Crippen molar-refractivity contribution in [3.8, 4) is 0 Å². The van der Waals surface area contributed by atoms with Crippen LogP contribution in [0.4, 0.5) is 17.1 Å². The molecule has 0 aliphatic rings. The number of aliphatic imine (C=N–C) groups is 1. The first-order valence-electron chi connectivity index (χ1n) is 6.15. The molecule has 0 aromatic heterocycles. The second-order valence-corrected chi connectivity index (χ2v) is 4.73. The highest BCUT2D eigenvalue weighted by atomic mass is 35.5. The van der Waals surface area contributed by atoms with Gasteiger partial charge < -0.3 is 16.2 Å². The van der Waals surface area contributed by atoms with Crippen LogP contribution in [0.5, 0.6) is 0 Å². The summed E-state index contributed by atoms with van der Waals surface area (Å²) in [6, 6.07) is 9.81. The van der Waals surface area contributed by atoms with E-state index in [0.717, 1.165) is 5.69 Å². The van der Waals surface area contributed by atoms with Crippen LogP contribution in [0, 0.1) is 0 Å². The van der Waals surface area contributed by atoms with Crippen molar-refractivity contribution in [3.05, 3.63) is 52.5 Å². The average Bonchev–Trinajstić information content (AvgIpc) is 2.47. The van der Waals surface area contributed by atoms with E-state index in [9.17, 15) is 4.79 Å². The molecular formula is C15H14ClN3O2. The highest BCUT2D eigenvalue weighted by Gasteiger charge is 2.06. The van der Waals surface area contributed by atoms with Gasteiger partial charge in [-0.1, -0.05) is 11.6 Å². The first-order chi connectivity index (χ1) is 10.0. The Labute approximate surface area is 127 Å². The fourth-order valence-electron chi connectivity index (χ4n) is 1.73. The van der Waals surface area contributed by atoms with Gasteiger partial charge in [0.15, 0.2) is 0 Å². The predicted molar refractivity (Wildman–Crippen MR) is 86.1 cm³/mol. The van der Waals surface area contributed by atoms with Crippen molar-refractivity contribution in [3.63, 3.8) is 0 Å². The van der Waals surface area contributed by atoms with Crippen LogP contribution >= 0.6 is 11.6 Å². The molecule has 5 nitrogen and oxygen atoms in total. The Hall–Kier alpha value is -2.53. The molecule has 2 aromatic carbocycles. The lowest BCUT2D eigenvalue weighted by atomic mass is 10.1. The normalized spacial score (nSPS) is 10.8. The summed E-state index contributed by atoms with van der Waals surface area (Å²) in [6.45, 7) is 0. The van der Waals surface area contributed by atoms with Crippen LogP contribution in [0.1, 0.15) is 15.9 Å². The summed E-state index contributed by atoms with van der Waals surface area (Å²) in [5, 5.41) is 12.5. The standard InChI is InChI=1S/C15H14ClN3O2/c1-18-11-3-4-12(16)10(6-11)8-19-14-7-9(15(20)21)2-5-13(14)17/h2-8,18H,17H2,1H3,(H,20,21). The summed E-state index contributed by atoms with van der Waals surface area (Å²) < 4.78 is 0. The SMILES string of the molecule is CNc1ccc(Cl)c(C=Nc2cc(C(=O)O)ccc2N)c1. The molecular weight excluding hydrogens is 290 g/mol. The molecule has 108 valence electrons. The topological polar surface area (TPSA) is 87.7 Å². The second kappa shape index (κ2) is 6.28. The van der Waals surface area contributed by atoms with E-state index in [1.165, 1.54) is 18.2 Å². The van der Waals surface area contributed by atoms with E-state index in [1.54, 1.807) is 19.3 Å². The third-order valence-electron chi connectivity index (χ3n) is 2.90. The van der Waals surface area contributed by atoms with Crippen molar-refractivity contribution >= 4 is 40.8 Å². The summed E-state index contributed by atoms with van der Waals surface area (Å²) in [6.07, 6.45) is 1.56. The van der Waals surface area contributed by atoms with E-state index >= 15 is 0 Å². The third kappa shape index (κ3) is 3.52. The number of benzene rings is 2. The average molecular weight is 304 g/mol. The zero-order chi connectivity index (χ0) is 15.4. The van der Waals surface area contributed by atoms with Gasteiger partial charge in [-0.25, -0.2) is 4.79 Å². The van der Waals surface area contributed by atoms with Gasteiger partial charge in [-0.2, -0.15) is 0 Å². The number of aromatic carboxylic acids is 1. The van der Waals surface area contributed by atoms with E-state index in [1.807, 2.05) is 12.1 Å². The smallest absolute Gasteiger partial charge is 0.335 e. The van der Waals surface area contributed by atoms with Crippen LogP contribution in [0.3, 0.4) is 0 Å². The van der Waals surface area contributed by atoms with Gasteiger partial charge in [-0.15, -0.1) is 0 Å². The summed E-state index contributed by atoms with van der Waals surface area (Å²) in [7, 11) is 1.80. The molecule has 0 aliphatic carbocycles. The zero-order valence-electron chi connectivity index (χ0n) is 11.3. The number of carboxylic acid groups (broad SMARTS) is 1. The summed E-state index contributed by atoms with van der Waals surface area (Å²) in [4.78, 5) is 15.2. The first-order valence-corrected chi connectivity index (χ1v) is 6.53. The van der Waals surface area contributed by atoms with Gasteiger partial charge in [0.1, 0.15) is 0 Å². The molecule has 0 unspecified atom stereocenters. The molecule has 6 heteroatoms. The molecule has 2 aromatic rings. The Bertz CT molecular complexity index is 714. The van der Waals surface area contributed by atoms with Crippen LogP contribution in [-0.2, 0) is 0 Å². The lowest BCUT2D eigenvalue weighted by molar-refractivity contribution is 0.0697. The van der Waals surface area contributed by atoms with Gasteiger partial charge in [0, 0.05) is 29.5 Å². The lowest BCUT2D eigenvalue weighted by Crippen LogP contribution is -1.97. The van der Waals surface area contributed by atoms with Crippen LogP contribution in [0.25, 0.3) is 0 Å². The molecule has 0 heterocycles. The number of rotatable bonds is 4. The molecule has 0 radical (unpaired) electrons. The number of nitrogen functional groups attached to an aromatic ring is 1. The number of nitrogens with zero attached hydrogens (tertiary/aromatic N) is 1. The Balaban J connectivity index is 2.37. The summed E-state index contributed by atoms with van der Waals surface area (Å²) in [5.74, 6) is -1.03. The molecule has 2 rings (SSSR count). The molecule has 0 bridgehead atoms. The maximum Gasteiger partial charge on any atom is 0.335 e. The lowest BCUT2D eigenvalue weighted by Gasteiger charge is -2.04. The Morgan fingerprint density at radius 2 is 2.10 bits per heavy atom. The van der Waals surface area contributed by atoms with Crippen molar-refractivity contribution in [2.75, 3.05) is 18.1 Å². The quantitative estimate of drug-likeness (QED) is 0.596.